The highest BCUT2D eigenvalue weighted by atomic mass is 16.5. The molecule has 3 rings (SSSR count). The fourth-order valence-electron chi connectivity index (χ4n) is 1.99. The Morgan fingerprint density at radius 1 is 1.17 bits per heavy atom. The molecule has 0 fully saturated rings. The van der Waals surface area contributed by atoms with Gasteiger partial charge in [-0.05, 0) is 34.5 Å². The van der Waals surface area contributed by atoms with Crippen LogP contribution in [-0.2, 0) is 11.4 Å². The molecule has 0 aliphatic heterocycles. The van der Waals surface area contributed by atoms with Gasteiger partial charge in [0.05, 0.1) is 0 Å². The van der Waals surface area contributed by atoms with E-state index in [1.54, 1.807) is 6.08 Å². The lowest BCUT2D eigenvalue weighted by Gasteiger charge is -2.06. The van der Waals surface area contributed by atoms with Crippen LogP contribution in [0.15, 0.2) is 60.7 Å². The minimum atomic E-state index is -0.341. The Kier molecular flexibility index (Phi) is 4.94. The summed E-state index contributed by atoms with van der Waals surface area (Å²) in [6, 6.07) is 17.4. The number of nitrogens with one attached hydrogen (secondary N) is 2. The van der Waals surface area contributed by atoms with Gasteiger partial charge in [-0.2, -0.15) is 5.21 Å². The van der Waals surface area contributed by atoms with Gasteiger partial charge >= 0.3 is 0 Å². The molecule has 0 atom stereocenters. The second-order valence-electron chi connectivity index (χ2n) is 4.90. The van der Waals surface area contributed by atoms with E-state index in [0.717, 1.165) is 16.9 Å². The maximum Gasteiger partial charge on any atom is 0.270 e. The molecular weight excluding hydrogens is 306 g/mol. The first-order chi connectivity index (χ1) is 11.8. The Labute approximate surface area is 138 Å². The summed E-state index contributed by atoms with van der Waals surface area (Å²) >= 11 is 0. The summed E-state index contributed by atoms with van der Waals surface area (Å²) in [5.41, 5.74) is 1.95. The number of tetrazole rings is 1. The topological polar surface area (TPSA) is 92.8 Å². The first-order valence-electron chi connectivity index (χ1n) is 7.29. The van der Waals surface area contributed by atoms with E-state index in [1.165, 1.54) is 6.08 Å². The van der Waals surface area contributed by atoms with Crippen LogP contribution in [-0.4, -0.2) is 26.5 Å². The van der Waals surface area contributed by atoms with E-state index < -0.39 is 0 Å². The zero-order valence-electron chi connectivity index (χ0n) is 12.7. The van der Waals surface area contributed by atoms with Crippen molar-refractivity contribution in [2.24, 2.45) is 0 Å². The van der Waals surface area contributed by atoms with Crippen LogP contribution in [0.5, 0.6) is 5.75 Å². The Hall–Kier alpha value is -3.48. The number of ether oxygens (including phenoxy) is 1. The minimum Gasteiger partial charge on any atom is -0.489 e. The summed E-state index contributed by atoms with van der Waals surface area (Å²) < 4.78 is 5.76. The van der Waals surface area contributed by atoms with Crippen molar-refractivity contribution in [3.05, 3.63) is 71.8 Å². The second-order valence-corrected chi connectivity index (χ2v) is 4.90. The number of hydrogen-bond donors (Lipinski definition) is 2. The molecule has 1 amide bonds. The number of anilines is 1. The van der Waals surface area contributed by atoms with Crippen LogP contribution in [0, 0.1) is 0 Å². The summed E-state index contributed by atoms with van der Waals surface area (Å²) in [5.74, 6) is 0.524. The Morgan fingerprint density at radius 3 is 2.83 bits per heavy atom. The molecule has 0 spiro atoms. The lowest BCUT2D eigenvalue weighted by Crippen LogP contribution is -2.09. The van der Waals surface area contributed by atoms with Crippen LogP contribution >= 0.6 is 0 Å². The molecule has 7 heteroatoms. The largest absolute Gasteiger partial charge is 0.489 e. The number of benzene rings is 2. The average molecular weight is 321 g/mol. The Bertz CT molecular complexity index is 816. The highest BCUT2D eigenvalue weighted by Gasteiger charge is 2.01. The van der Waals surface area contributed by atoms with Crippen molar-refractivity contribution < 1.29 is 9.53 Å². The molecule has 2 aromatic carbocycles. The van der Waals surface area contributed by atoms with Crippen molar-refractivity contribution in [3.63, 3.8) is 0 Å². The molecule has 0 bridgehead atoms. The quantitative estimate of drug-likeness (QED) is 0.680. The molecule has 0 aliphatic carbocycles. The van der Waals surface area contributed by atoms with Gasteiger partial charge in [0.15, 0.2) is 0 Å². The van der Waals surface area contributed by atoms with Gasteiger partial charge in [-0.15, -0.1) is 5.10 Å². The Balaban J connectivity index is 1.58. The number of hydrogen-bond acceptors (Lipinski definition) is 5. The van der Waals surface area contributed by atoms with E-state index in [4.69, 9.17) is 4.74 Å². The van der Waals surface area contributed by atoms with Gasteiger partial charge in [-0.25, -0.2) is 0 Å². The highest BCUT2D eigenvalue weighted by molar-refractivity contribution is 6.00. The smallest absolute Gasteiger partial charge is 0.270 e. The van der Waals surface area contributed by atoms with Crippen molar-refractivity contribution in [2.45, 2.75) is 6.61 Å². The van der Waals surface area contributed by atoms with Gasteiger partial charge in [0.2, 0.25) is 0 Å². The molecule has 3 aromatic rings. The summed E-state index contributed by atoms with van der Waals surface area (Å²) in [6.07, 6.45) is 3.08. The first-order valence-corrected chi connectivity index (χ1v) is 7.29. The number of H-pyrrole nitrogens is 1. The van der Waals surface area contributed by atoms with Crippen molar-refractivity contribution in [3.8, 4) is 5.75 Å². The molecule has 24 heavy (non-hydrogen) atoms. The second kappa shape index (κ2) is 7.68. The molecular formula is C17H15N5O2. The summed E-state index contributed by atoms with van der Waals surface area (Å²) in [6.45, 7) is 0.492. The van der Waals surface area contributed by atoms with E-state index in [9.17, 15) is 4.79 Å². The van der Waals surface area contributed by atoms with Crippen molar-refractivity contribution >= 4 is 17.9 Å². The maximum absolute atomic E-state index is 11.7. The van der Waals surface area contributed by atoms with Crippen LogP contribution in [0.25, 0.3) is 6.08 Å². The standard InChI is InChI=1S/C17H15N5O2/c23-16(18-17-19-21-22-20-17)10-9-13-7-4-8-15(11-13)24-12-14-5-2-1-3-6-14/h1-11H,12H2,(H2,18,19,20,21,22,23)/b10-9+. The number of carbonyl (C=O) groups is 1. The fraction of sp³-hybridized carbons (Fsp3) is 0.0588. The monoisotopic (exact) mass is 321 g/mol. The van der Waals surface area contributed by atoms with E-state index in [1.807, 2.05) is 54.6 Å². The number of aromatic amines is 1. The minimum absolute atomic E-state index is 0.129. The first kappa shape index (κ1) is 15.4. The lowest BCUT2D eigenvalue weighted by molar-refractivity contribution is -0.111. The summed E-state index contributed by atoms with van der Waals surface area (Å²) in [7, 11) is 0. The molecule has 7 nitrogen and oxygen atoms in total. The van der Waals surface area contributed by atoms with Gasteiger partial charge in [0.1, 0.15) is 12.4 Å². The number of nitrogens with zero attached hydrogens (tertiary/aromatic N) is 3. The zero-order valence-corrected chi connectivity index (χ0v) is 12.7. The van der Waals surface area contributed by atoms with E-state index in [-0.39, 0.29) is 11.9 Å². The van der Waals surface area contributed by atoms with Crippen molar-refractivity contribution in [2.75, 3.05) is 5.32 Å². The van der Waals surface area contributed by atoms with Crippen LogP contribution in [0.4, 0.5) is 5.95 Å². The third-order valence-electron chi connectivity index (χ3n) is 3.11. The molecule has 0 saturated carbocycles. The van der Waals surface area contributed by atoms with E-state index >= 15 is 0 Å². The van der Waals surface area contributed by atoms with Gasteiger partial charge in [0, 0.05) is 6.08 Å². The molecule has 0 radical (unpaired) electrons. The normalized spacial score (nSPS) is 10.7. The van der Waals surface area contributed by atoms with Crippen molar-refractivity contribution in [1.29, 1.82) is 0 Å². The van der Waals surface area contributed by atoms with Crippen LogP contribution in [0.3, 0.4) is 0 Å². The highest BCUT2D eigenvalue weighted by Crippen LogP contribution is 2.16. The van der Waals surface area contributed by atoms with E-state index in [2.05, 4.69) is 25.9 Å². The van der Waals surface area contributed by atoms with Crippen LogP contribution in [0.2, 0.25) is 0 Å². The molecule has 120 valence electrons. The van der Waals surface area contributed by atoms with Gasteiger partial charge < -0.3 is 4.74 Å². The van der Waals surface area contributed by atoms with Gasteiger partial charge in [0.25, 0.3) is 11.9 Å². The molecule has 0 aliphatic rings. The zero-order chi connectivity index (χ0) is 16.6. The molecule has 0 saturated heterocycles. The molecule has 1 aromatic heterocycles. The summed E-state index contributed by atoms with van der Waals surface area (Å²) in [4.78, 5) is 11.7. The summed E-state index contributed by atoms with van der Waals surface area (Å²) in [5, 5.41) is 15.4. The predicted molar refractivity (Wildman–Crippen MR) is 89.1 cm³/mol. The SMILES string of the molecule is O=C(/C=C/c1cccc(OCc2ccccc2)c1)Nc1nn[nH]n1. The molecule has 1 heterocycles. The molecule has 0 unspecified atom stereocenters. The lowest BCUT2D eigenvalue weighted by atomic mass is 10.2. The third kappa shape index (κ3) is 4.51. The van der Waals surface area contributed by atoms with Crippen molar-refractivity contribution in [1.82, 2.24) is 20.6 Å². The number of rotatable bonds is 6. The Morgan fingerprint density at radius 2 is 2.04 bits per heavy atom. The fourth-order valence-corrected chi connectivity index (χ4v) is 1.99. The van der Waals surface area contributed by atoms with E-state index in [0.29, 0.717) is 6.61 Å². The predicted octanol–water partition coefficient (Wildman–Crippen LogP) is 2.43. The molecule has 2 N–H and O–H groups in total. The van der Waals surface area contributed by atoms with Gasteiger partial charge in [-0.3, -0.25) is 10.1 Å². The number of aromatic nitrogens is 4. The third-order valence-corrected chi connectivity index (χ3v) is 3.11. The maximum atomic E-state index is 11.7. The number of amides is 1. The van der Waals surface area contributed by atoms with Crippen LogP contribution in [0.1, 0.15) is 11.1 Å². The average Bonchev–Trinajstić information content (AvgIpc) is 3.12. The van der Waals surface area contributed by atoms with Gasteiger partial charge in [-0.1, -0.05) is 47.6 Å². The van der Waals surface area contributed by atoms with Crippen LogP contribution < -0.4 is 10.1 Å². The number of carbonyl (C=O) groups excluding carboxylic acids is 1.